The molecule has 0 saturated heterocycles. The van der Waals surface area contributed by atoms with Gasteiger partial charge in [0, 0.05) is 9.39 Å². The lowest BCUT2D eigenvalue weighted by atomic mass is 10.2. The predicted molar refractivity (Wildman–Crippen MR) is 60.6 cm³/mol. The first kappa shape index (κ1) is 8.60. The Morgan fingerprint density at radius 1 is 1.00 bits per heavy atom. The van der Waals surface area contributed by atoms with Gasteiger partial charge in [-0.25, -0.2) is 0 Å². The molecule has 0 unspecified atom stereocenters. The molecule has 0 radical (unpaired) electrons. The molecule has 2 rings (SSSR count). The minimum absolute atomic E-state index is 0.901. The smallest absolute Gasteiger partial charge is 0.0399 e. The molecule has 1 aromatic carbocycles. The molecule has 0 aliphatic rings. The van der Waals surface area contributed by atoms with E-state index in [1.165, 1.54) is 10.4 Å². The lowest BCUT2D eigenvalue weighted by Gasteiger charge is -1.97. The maximum Gasteiger partial charge on any atom is 0.0399 e. The molecule has 0 spiro atoms. The van der Waals surface area contributed by atoms with E-state index in [1.807, 2.05) is 35.7 Å². The lowest BCUT2D eigenvalue weighted by molar-refractivity contribution is 1.68. The van der Waals surface area contributed by atoms with Crippen LogP contribution in [0, 0.1) is 4.51 Å². The van der Waals surface area contributed by atoms with Crippen molar-refractivity contribution in [3.05, 3.63) is 52.4 Å². The van der Waals surface area contributed by atoms with Gasteiger partial charge in [-0.3, -0.25) is 0 Å². The first-order chi connectivity index (χ1) is 6.36. The topological polar surface area (TPSA) is 0 Å². The van der Waals surface area contributed by atoms with E-state index in [0.29, 0.717) is 0 Å². The van der Waals surface area contributed by atoms with Gasteiger partial charge in [-0.1, -0.05) is 42.5 Å². The first-order valence-corrected chi connectivity index (χ1v) is 5.29. The van der Waals surface area contributed by atoms with Crippen LogP contribution in [0.2, 0.25) is 0 Å². The highest BCUT2D eigenvalue weighted by Gasteiger charge is 1.94. The Morgan fingerprint density at radius 3 is 2.46 bits per heavy atom. The van der Waals surface area contributed by atoms with E-state index in [4.69, 9.17) is 12.2 Å². The van der Waals surface area contributed by atoms with E-state index in [1.54, 1.807) is 11.3 Å². The zero-order chi connectivity index (χ0) is 9.10. The van der Waals surface area contributed by atoms with Crippen molar-refractivity contribution < 1.29 is 0 Å². The summed E-state index contributed by atoms with van der Waals surface area (Å²) < 4.78 is 0.901. The third-order valence-electron chi connectivity index (χ3n) is 1.76. The van der Waals surface area contributed by atoms with Gasteiger partial charge in [0.15, 0.2) is 0 Å². The van der Waals surface area contributed by atoms with Crippen LogP contribution < -0.4 is 0 Å². The first-order valence-electron chi connectivity index (χ1n) is 4.00. The molecule has 0 N–H and O–H groups in total. The Labute approximate surface area is 86.5 Å². The molecular weight excluding hydrogens is 196 g/mol. The minimum atomic E-state index is 0.901. The number of hydrogen-bond donors (Lipinski definition) is 0. The summed E-state index contributed by atoms with van der Waals surface area (Å²) in [5, 5.41) is 2.03. The lowest BCUT2D eigenvalue weighted by Crippen LogP contribution is -1.72. The van der Waals surface area contributed by atoms with E-state index in [0.717, 1.165) is 4.51 Å². The second kappa shape index (κ2) is 3.81. The van der Waals surface area contributed by atoms with Crippen LogP contribution in [0.25, 0.3) is 10.4 Å². The summed E-state index contributed by atoms with van der Waals surface area (Å²) in [6.07, 6.45) is 0. The van der Waals surface area contributed by atoms with Crippen LogP contribution in [-0.2, 0) is 0 Å². The second-order valence-corrected chi connectivity index (χ2v) is 4.12. The second-order valence-electron chi connectivity index (χ2n) is 2.70. The fourth-order valence-corrected chi connectivity index (χ4v) is 2.31. The van der Waals surface area contributed by atoms with Gasteiger partial charge in [0.25, 0.3) is 0 Å². The highest BCUT2D eigenvalue weighted by atomic mass is 32.1. The minimum Gasteiger partial charge on any atom is -0.144 e. The standard InChI is InChI=1S/C11H8S2/c12-10-6-7-13-11(8-10)9-4-2-1-3-5-9/h1-8H. The van der Waals surface area contributed by atoms with Crippen molar-refractivity contribution in [1.82, 2.24) is 0 Å². The summed E-state index contributed by atoms with van der Waals surface area (Å²) in [7, 11) is 0. The quantitative estimate of drug-likeness (QED) is 0.629. The molecule has 13 heavy (non-hydrogen) atoms. The fourth-order valence-electron chi connectivity index (χ4n) is 1.14. The molecule has 1 heterocycles. The van der Waals surface area contributed by atoms with Gasteiger partial charge < -0.3 is 0 Å². The third-order valence-corrected chi connectivity index (χ3v) is 2.89. The molecule has 0 saturated carbocycles. The molecular formula is C11H8S2. The Hall–Kier alpha value is -0.990. The van der Waals surface area contributed by atoms with E-state index in [9.17, 15) is 0 Å². The predicted octanol–water partition coefficient (Wildman–Crippen LogP) is 4.14. The van der Waals surface area contributed by atoms with Crippen LogP contribution in [0.4, 0.5) is 0 Å². The average Bonchev–Trinajstić information content (AvgIpc) is 2.19. The maximum absolute atomic E-state index is 5.11. The maximum atomic E-state index is 5.11. The average molecular weight is 204 g/mol. The summed E-state index contributed by atoms with van der Waals surface area (Å²) in [6, 6.07) is 14.3. The van der Waals surface area contributed by atoms with Gasteiger partial charge >= 0.3 is 0 Å². The van der Waals surface area contributed by atoms with Crippen molar-refractivity contribution in [2.24, 2.45) is 0 Å². The normalized spacial score (nSPS) is 9.85. The van der Waals surface area contributed by atoms with Crippen molar-refractivity contribution >= 4 is 23.6 Å². The monoisotopic (exact) mass is 204 g/mol. The molecule has 0 amide bonds. The number of hydrogen-bond acceptors (Lipinski definition) is 2. The van der Waals surface area contributed by atoms with Gasteiger partial charge in [0.1, 0.15) is 0 Å². The third kappa shape index (κ3) is 2.02. The zero-order valence-electron chi connectivity index (χ0n) is 6.94. The Balaban J connectivity index is 2.54. The van der Waals surface area contributed by atoms with Gasteiger partial charge in [-0.15, -0.1) is 11.3 Å². The Bertz CT molecular complexity index is 443. The SMILES string of the molecule is S=c1ccsc(-c2ccccc2)c1. The van der Waals surface area contributed by atoms with Gasteiger partial charge in [0.05, 0.1) is 0 Å². The molecule has 0 bridgehead atoms. The Morgan fingerprint density at radius 2 is 1.77 bits per heavy atom. The number of benzene rings is 1. The van der Waals surface area contributed by atoms with Crippen LogP contribution in [-0.4, -0.2) is 0 Å². The summed E-state index contributed by atoms with van der Waals surface area (Å²) >= 11 is 6.82. The van der Waals surface area contributed by atoms with Crippen molar-refractivity contribution in [1.29, 1.82) is 0 Å². The van der Waals surface area contributed by atoms with Crippen LogP contribution >= 0.6 is 23.6 Å². The van der Waals surface area contributed by atoms with Crippen LogP contribution in [0.1, 0.15) is 0 Å². The summed E-state index contributed by atoms with van der Waals surface area (Å²) in [6.45, 7) is 0. The van der Waals surface area contributed by atoms with Crippen LogP contribution in [0.3, 0.4) is 0 Å². The molecule has 64 valence electrons. The number of rotatable bonds is 1. The van der Waals surface area contributed by atoms with E-state index in [-0.39, 0.29) is 0 Å². The highest BCUT2D eigenvalue weighted by molar-refractivity contribution is 7.71. The van der Waals surface area contributed by atoms with Gasteiger partial charge in [-0.05, 0) is 23.1 Å². The molecule has 0 aliphatic heterocycles. The zero-order valence-corrected chi connectivity index (χ0v) is 8.57. The van der Waals surface area contributed by atoms with Crippen molar-refractivity contribution in [3.8, 4) is 10.4 Å². The molecule has 2 heteroatoms. The van der Waals surface area contributed by atoms with Crippen LogP contribution in [0.15, 0.2) is 47.8 Å². The van der Waals surface area contributed by atoms with Crippen LogP contribution in [0.5, 0.6) is 0 Å². The molecule has 1 aromatic heterocycles. The fraction of sp³-hybridized carbons (Fsp3) is 0. The van der Waals surface area contributed by atoms with E-state index >= 15 is 0 Å². The molecule has 0 nitrogen and oxygen atoms in total. The Kier molecular flexibility index (Phi) is 2.52. The van der Waals surface area contributed by atoms with E-state index < -0.39 is 0 Å². The van der Waals surface area contributed by atoms with Crippen molar-refractivity contribution in [2.45, 2.75) is 0 Å². The van der Waals surface area contributed by atoms with Gasteiger partial charge in [0.2, 0.25) is 0 Å². The van der Waals surface area contributed by atoms with Crippen molar-refractivity contribution in [2.75, 3.05) is 0 Å². The molecule has 0 fully saturated rings. The largest absolute Gasteiger partial charge is 0.144 e. The highest BCUT2D eigenvalue weighted by Crippen LogP contribution is 2.22. The summed E-state index contributed by atoms with van der Waals surface area (Å²) in [4.78, 5) is 1.23. The summed E-state index contributed by atoms with van der Waals surface area (Å²) in [5.41, 5.74) is 1.24. The molecule has 0 atom stereocenters. The molecule has 2 aromatic rings. The molecule has 0 aliphatic carbocycles. The van der Waals surface area contributed by atoms with Gasteiger partial charge in [-0.2, -0.15) is 0 Å². The van der Waals surface area contributed by atoms with E-state index in [2.05, 4.69) is 12.1 Å². The summed E-state index contributed by atoms with van der Waals surface area (Å²) in [5.74, 6) is 0. The van der Waals surface area contributed by atoms with Crippen molar-refractivity contribution in [3.63, 3.8) is 0 Å².